The summed E-state index contributed by atoms with van der Waals surface area (Å²) >= 11 is 0. The molecule has 2 rings (SSSR count). The first kappa shape index (κ1) is 15.7. The third-order valence-electron chi connectivity index (χ3n) is 4.08. The minimum absolute atomic E-state index is 0.00341. The molecule has 0 unspecified atom stereocenters. The molecule has 1 aliphatic carbocycles. The van der Waals surface area contributed by atoms with Crippen molar-refractivity contribution < 1.29 is 8.78 Å². The summed E-state index contributed by atoms with van der Waals surface area (Å²) in [6.07, 6.45) is 4.26. The molecule has 0 radical (unpaired) electrons. The maximum atomic E-state index is 14.2. The van der Waals surface area contributed by atoms with E-state index in [2.05, 4.69) is 0 Å². The van der Waals surface area contributed by atoms with Gasteiger partial charge in [0.05, 0.1) is 11.6 Å². The van der Waals surface area contributed by atoms with E-state index in [1.807, 2.05) is 11.8 Å². The van der Waals surface area contributed by atoms with Gasteiger partial charge in [0, 0.05) is 18.6 Å². The van der Waals surface area contributed by atoms with Gasteiger partial charge in [-0.05, 0) is 44.2 Å². The van der Waals surface area contributed by atoms with Crippen LogP contribution in [0.5, 0.6) is 0 Å². The largest absolute Gasteiger partial charge is 0.364 e. The Morgan fingerprint density at radius 2 is 1.81 bits per heavy atom. The number of hydrogen-bond acceptors (Lipinski definition) is 3. The highest BCUT2D eigenvalue weighted by molar-refractivity contribution is 5.53. The number of hydrogen-bond donors (Lipinski definition) is 1. The Balaban J connectivity index is 2.32. The van der Waals surface area contributed by atoms with Crippen molar-refractivity contribution in [1.29, 1.82) is 5.26 Å². The number of nitrogens with zero attached hydrogens (tertiary/aromatic N) is 2. The molecule has 1 saturated carbocycles. The predicted molar refractivity (Wildman–Crippen MR) is 78.9 cm³/mol. The fraction of sp³-hybridized carbons (Fsp3) is 0.562. The molecule has 0 bridgehead atoms. The second-order valence-corrected chi connectivity index (χ2v) is 5.66. The summed E-state index contributed by atoms with van der Waals surface area (Å²) in [6, 6.07) is 4.30. The van der Waals surface area contributed by atoms with E-state index in [0.717, 1.165) is 44.2 Å². The van der Waals surface area contributed by atoms with Crippen molar-refractivity contribution in [3.8, 4) is 6.07 Å². The smallest absolute Gasteiger partial charge is 0.150 e. The number of halogens is 2. The SMILES string of the molecule is CCCN(c1c(F)cc(C#N)cc1F)C1CCC(N)CC1. The lowest BCUT2D eigenvalue weighted by molar-refractivity contribution is 0.370. The van der Waals surface area contributed by atoms with Crippen molar-refractivity contribution in [2.75, 3.05) is 11.4 Å². The minimum atomic E-state index is -0.658. The first-order chi connectivity index (χ1) is 10.1. The molecule has 3 nitrogen and oxygen atoms in total. The summed E-state index contributed by atoms with van der Waals surface area (Å²) < 4.78 is 28.5. The van der Waals surface area contributed by atoms with Crippen molar-refractivity contribution in [3.63, 3.8) is 0 Å². The van der Waals surface area contributed by atoms with Crippen LogP contribution >= 0.6 is 0 Å². The van der Waals surface area contributed by atoms with Gasteiger partial charge in [-0.2, -0.15) is 5.26 Å². The first-order valence-corrected chi connectivity index (χ1v) is 7.48. The normalized spacial score (nSPS) is 21.9. The Bertz CT molecular complexity index is 508. The Labute approximate surface area is 124 Å². The van der Waals surface area contributed by atoms with E-state index < -0.39 is 11.6 Å². The Hall–Kier alpha value is -1.67. The lowest BCUT2D eigenvalue weighted by atomic mass is 9.90. The number of nitrogens with two attached hydrogens (primary N) is 1. The van der Waals surface area contributed by atoms with Crippen LogP contribution in [0.3, 0.4) is 0 Å². The molecule has 1 aromatic carbocycles. The van der Waals surface area contributed by atoms with Gasteiger partial charge in [0.1, 0.15) is 5.69 Å². The molecule has 1 fully saturated rings. The molecule has 0 heterocycles. The molecule has 0 spiro atoms. The molecule has 0 aliphatic heterocycles. The second kappa shape index (κ2) is 6.86. The summed E-state index contributed by atoms with van der Waals surface area (Å²) in [5.74, 6) is -1.32. The van der Waals surface area contributed by atoms with Crippen LogP contribution in [-0.4, -0.2) is 18.6 Å². The molecule has 1 aliphatic rings. The van der Waals surface area contributed by atoms with Gasteiger partial charge in [-0.1, -0.05) is 6.92 Å². The van der Waals surface area contributed by atoms with Crippen LogP contribution in [0, 0.1) is 23.0 Å². The quantitative estimate of drug-likeness (QED) is 0.926. The van der Waals surface area contributed by atoms with E-state index in [1.54, 1.807) is 6.07 Å². The van der Waals surface area contributed by atoms with E-state index in [1.165, 1.54) is 0 Å². The lowest BCUT2D eigenvalue weighted by Crippen LogP contribution is -2.42. The molecule has 2 N–H and O–H groups in total. The Morgan fingerprint density at radius 3 is 2.29 bits per heavy atom. The van der Waals surface area contributed by atoms with Gasteiger partial charge in [0.2, 0.25) is 0 Å². The standard InChI is InChI=1S/C16H21F2N3/c1-2-7-21(13-5-3-12(20)4-6-13)16-14(17)8-11(10-19)9-15(16)18/h8-9,12-13H,2-7,20H2,1H3. The topological polar surface area (TPSA) is 53.0 Å². The van der Waals surface area contributed by atoms with Gasteiger partial charge in [-0.3, -0.25) is 0 Å². The summed E-state index contributed by atoms with van der Waals surface area (Å²) in [6.45, 7) is 2.58. The zero-order valence-electron chi connectivity index (χ0n) is 12.3. The summed E-state index contributed by atoms with van der Waals surface area (Å²) in [5, 5.41) is 8.79. The number of benzene rings is 1. The van der Waals surface area contributed by atoms with Gasteiger partial charge >= 0.3 is 0 Å². The van der Waals surface area contributed by atoms with Crippen molar-refractivity contribution in [2.45, 2.75) is 51.1 Å². The third kappa shape index (κ3) is 3.51. The monoisotopic (exact) mass is 293 g/mol. The van der Waals surface area contributed by atoms with Crippen LogP contribution in [0.2, 0.25) is 0 Å². The fourth-order valence-electron chi connectivity index (χ4n) is 3.04. The van der Waals surface area contributed by atoms with Crippen LogP contribution in [0.15, 0.2) is 12.1 Å². The fourth-order valence-corrected chi connectivity index (χ4v) is 3.04. The van der Waals surface area contributed by atoms with E-state index >= 15 is 0 Å². The Morgan fingerprint density at radius 1 is 1.24 bits per heavy atom. The average Bonchev–Trinajstić information content (AvgIpc) is 2.46. The van der Waals surface area contributed by atoms with Crippen LogP contribution in [-0.2, 0) is 0 Å². The molecular formula is C16H21F2N3. The predicted octanol–water partition coefficient (Wildman–Crippen LogP) is 3.32. The molecule has 0 amide bonds. The van der Waals surface area contributed by atoms with Crippen molar-refractivity contribution >= 4 is 5.69 Å². The summed E-state index contributed by atoms with van der Waals surface area (Å²) in [4.78, 5) is 1.82. The van der Waals surface area contributed by atoms with Gasteiger partial charge in [-0.25, -0.2) is 8.78 Å². The maximum Gasteiger partial charge on any atom is 0.150 e. The second-order valence-electron chi connectivity index (χ2n) is 5.66. The van der Waals surface area contributed by atoms with E-state index in [9.17, 15) is 8.78 Å². The van der Waals surface area contributed by atoms with Crippen molar-refractivity contribution in [1.82, 2.24) is 0 Å². The Kier molecular flexibility index (Phi) is 5.13. The van der Waals surface area contributed by atoms with Crippen molar-refractivity contribution in [3.05, 3.63) is 29.3 Å². The third-order valence-corrected chi connectivity index (χ3v) is 4.08. The van der Waals surface area contributed by atoms with Gasteiger partial charge in [0.15, 0.2) is 11.6 Å². The van der Waals surface area contributed by atoms with Crippen LogP contribution in [0.25, 0.3) is 0 Å². The van der Waals surface area contributed by atoms with Crippen molar-refractivity contribution in [2.24, 2.45) is 5.73 Å². The maximum absolute atomic E-state index is 14.2. The van der Waals surface area contributed by atoms with Crippen LogP contribution < -0.4 is 10.6 Å². The molecule has 0 saturated heterocycles. The van der Waals surface area contributed by atoms with Crippen LogP contribution in [0.4, 0.5) is 14.5 Å². The molecule has 1 aromatic rings. The zero-order chi connectivity index (χ0) is 15.4. The molecule has 21 heavy (non-hydrogen) atoms. The highest BCUT2D eigenvalue weighted by Crippen LogP contribution is 2.31. The molecule has 0 aromatic heterocycles. The molecular weight excluding hydrogens is 272 g/mol. The van der Waals surface area contributed by atoms with E-state index in [-0.39, 0.29) is 23.3 Å². The van der Waals surface area contributed by atoms with Crippen LogP contribution in [0.1, 0.15) is 44.6 Å². The highest BCUT2D eigenvalue weighted by atomic mass is 19.1. The first-order valence-electron chi connectivity index (χ1n) is 7.48. The lowest BCUT2D eigenvalue weighted by Gasteiger charge is -2.38. The van der Waals surface area contributed by atoms with Gasteiger partial charge in [0.25, 0.3) is 0 Å². The molecule has 114 valence electrons. The molecule has 0 atom stereocenters. The summed E-state index contributed by atoms with van der Waals surface area (Å²) in [5.41, 5.74) is 5.91. The molecule has 5 heteroatoms. The highest BCUT2D eigenvalue weighted by Gasteiger charge is 2.28. The minimum Gasteiger partial charge on any atom is -0.364 e. The zero-order valence-corrected chi connectivity index (χ0v) is 12.3. The van der Waals surface area contributed by atoms with E-state index in [0.29, 0.717) is 6.54 Å². The average molecular weight is 293 g/mol. The van der Waals surface area contributed by atoms with E-state index in [4.69, 9.17) is 11.0 Å². The van der Waals surface area contributed by atoms with Gasteiger partial charge in [-0.15, -0.1) is 0 Å². The number of rotatable bonds is 4. The summed E-state index contributed by atoms with van der Waals surface area (Å²) in [7, 11) is 0. The van der Waals surface area contributed by atoms with Gasteiger partial charge < -0.3 is 10.6 Å². The number of nitriles is 1. The number of anilines is 1.